The van der Waals surface area contributed by atoms with E-state index in [-0.39, 0.29) is 0 Å². The number of aryl methyl sites for hydroxylation is 1. The summed E-state index contributed by atoms with van der Waals surface area (Å²) in [5, 5.41) is 4.13. The molecule has 4 rings (SSSR count). The van der Waals surface area contributed by atoms with Gasteiger partial charge in [0, 0.05) is 17.2 Å². The van der Waals surface area contributed by atoms with Crippen molar-refractivity contribution < 1.29 is 18.7 Å². The summed E-state index contributed by atoms with van der Waals surface area (Å²) in [6.45, 7) is 2.39. The third-order valence-corrected chi connectivity index (χ3v) is 4.71. The van der Waals surface area contributed by atoms with E-state index in [1.54, 1.807) is 14.2 Å². The normalized spacial score (nSPS) is 10.6. The van der Waals surface area contributed by atoms with Crippen molar-refractivity contribution in [2.45, 2.75) is 13.5 Å². The van der Waals surface area contributed by atoms with Gasteiger partial charge in [-0.2, -0.15) is 4.98 Å². The van der Waals surface area contributed by atoms with Gasteiger partial charge in [0.2, 0.25) is 5.82 Å². The van der Waals surface area contributed by atoms with Crippen LogP contribution in [-0.2, 0) is 6.61 Å². The first-order valence-electron chi connectivity index (χ1n) is 9.51. The fourth-order valence-electron chi connectivity index (χ4n) is 3.10. The Balaban J connectivity index is 1.52. The second kappa shape index (κ2) is 8.69. The fourth-order valence-corrected chi connectivity index (χ4v) is 3.10. The van der Waals surface area contributed by atoms with Crippen molar-refractivity contribution in [2.24, 2.45) is 0 Å². The molecule has 4 aromatic rings. The van der Waals surface area contributed by atoms with Gasteiger partial charge in [0.1, 0.15) is 23.9 Å². The summed E-state index contributed by atoms with van der Waals surface area (Å²) in [5.41, 5.74) is 3.77. The van der Waals surface area contributed by atoms with Crippen molar-refractivity contribution in [1.29, 1.82) is 0 Å². The Bertz CT molecular complexity index is 1130. The molecule has 0 aliphatic carbocycles. The molecule has 0 spiro atoms. The molecule has 0 saturated heterocycles. The van der Waals surface area contributed by atoms with E-state index in [1.807, 2.05) is 73.7 Å². The molecule has 1 heterocycles. The molecule has 0 N–H and O–H groups in total. The molecule has 152 valence electrons. The summed E-state index contributed by atoms with van der Waals surface area (Å²) in [6.07, 6.45) is 0. The van der Waals surface area contributed by atoms with Crippen LogP contribution in [0.1, 0.15) is 11.1 Å². The second-order valence-corrected chi connectivity index (χ2v) is 6.78. The van der Waals surface area contributed by atoms with Gasteiger partial charge < -0.3 is 18.7 Å². The smallest absolute Gasteiger partial charge is 0.258 e. The first-order chi connectivity index (χ1) is 14.7. The van der Waals surface area contributed by atoms with Crippen LogP contribution in [0, 0.1) is 6.92 Å². The number of methoxy groups -OCH3 is 2. The summed E-state index contributed by atoms with van der Waals surface area (Å²) in [6, 6.07) is 21.2. The average molecular weight is 402 g/mol. The van der Waals surface area contributed by atoms with Crippen molar-refractivity contribution in [3.8, 4) is 40.1 Å². The minimum Gasteiger partial charge on any atom is -0.497 e. The zero-order valence-electron chi connectivity index (χ0n) is 17.1. The Labute approximate surface area is 175 Å². The van der Waals surface area contributed by atoms with Crippen LogP contribution in [-0.4, -0.2) is 24.4 Å². The molecule has 0 fully saturated rings. The standard InChI is InChI=1S/C24H22N2O4/c1-16-7-4-5-10-22(16)24-25-23(26-30-24)18-8-6-9-19(13-18)29-15-17-11-20(27-2)14-21(12-17)28-3/h4-14H,15H2,1-3H3. The van der Waals surface area contributed by atoms with Crippen LogP contribution in [0.3, 0.4) is 0 Å². The third kappa shape index (κ3) is 4.27. The van der Waals surface area contributed by atoms with Crippen LogP contribution in [0.4, 0.5) is 0 Å². The van der Waals surface area contributed by atoms with Crippen molar-refractivity contribution in [3.05, 3.63) is 77.9 Å². The highest BCUT2D eigenvalue weighted by Crippen LogP contribution is 2.28. The Kier molecular flexibility index (Phi) is 5.66. The maximum Gasteiger partial charge on any atom is 0.258 e. The predicted molar refractivity (Wildman–Crippen MR) is 114 cm³/mol. The van der Waals surface area contributed by atoms with Crippen LogP contribution in [0.25, 0.3) is 22.8 Å². The number of hydrogen-bond acceptors (Lipinski definition) is 6. The number of hydrogen-bond donors (Lipinski definition) is 0. The molecule has 0 saturated carbocycles. The van der Waals surface area contributed by atoms with E-state index in [4.69, 9.17) is 18.7 Å². The van der Waals surface area contributed by atoms with Crippen LogP contribution >= 0.6 is 0 Å². The van der Waals surface area contributed by atoms with E-state index in [9.17, 15) is 0 Å². The molecule has 0 amide bonds. The molecule has 0 atom stereocenters. The van der Waals surface area contributed by atoms with Gasteiger partial charge in [-0.3, -0.25) is 0 Å². The lowest BCUT2D eigenvalue weighted by Gasteiger charge is -2.10. The minimum atomic E-state index is 0.373. The van der Waals surface area contributed by atoms with Crippen LogP contribution in [0.2, 0.25) is 0 Å². The molecule has 3 aromatic carbocycles. The zero-order valence-corrected chi connectivity index (χ0v) is 17.1. The third-order valence-electron chi connectivity index (χ3n) is 4.71. The molecule has 0 unspecified atom stereocenters. The molecule has 0 aliphatic heterocycles. The van der Waals surface area contributed by atoms with Gasteiger partial charge in [-0.25, -0.2) is 0 Å². The first kappa shape index (κ1) is 19.5. The van der Waals surface area contributed by atoms with Gasteiger partial charge in [-0.05, 0) is 48.4 Å². The summed E-state index contributed by atoms with van der Waals surface area (Å²) >= 11 is 0. The molecule has 30 heavy (non-hydrogen) atoms. The van der Waals surface area contributed by atoms with Crippen molar-refractivity contribution in [3.63, 3.8) is 0 Å². The molecule has 1 aromatic heterocycles. The molecule has 6 heteroatoms. The fraction of sp³-hybridized carbons (Fsp3) is 0.167. The number of aromatic nitrogens is 2. The molecule has 6 nitrogen and oxygen atoms in total. The second-order valence-electron chi connectivity index (χ2n) is 6.78. The van der Waals surface area contributed by atoms with Crippen molar-refractivity contribution in [1.82, 2.24) is 10.1 Å². The summed E-state index contributed by atoms with van der Waals surface area (Å²) in [5.74, 6) is 3.16. The summed E-state index contributed by atoms with van der Waals surface area (Å²) < 4.78 is 22.1. The quantitative estimate of drug-likeness (QED) is 0.417. The summed E-state index contributed by atoms with van der Waals surface area (Å²) in [4.78, 5) is 4.55. The van der Waals surface area contributed by atoms with Crippen LogP contribution in [0.5, 0.6) is 17.2 Å². The largest absolute Gasteiger partial charge is 0.497 e. The van der Waals surface area contributed by atoms with Gasteiger partial charge in [0.15, 0.2) is 0 Å². The van der Waals surface area contributed by atoms with E-state index in [0.29, 0.717) is 24.1 Å². The first-order valence-corrected chi connectivity index (χ1v) is 9.51. The van der Waals surface area contributed by atoms with E-state index < -0.39 is 0 Å². The van der Waals surface area contributed by atoms with Gasteiger partial charge >= 0.3 is 0 Å². The SMILES string of the molecule is COc1cc(COc2cccc(-c3noc(-c4ccccc4C)n3)c2)cc(OC)c1. The monoisotopic (exact) mass is 402 g/mol. The zero-order chi connectivity index (χ0) is 20.9. The van der Waals surface area contributed by atoms with Crippen molar-refractivity contribution >= 4 is 0 Å². The van der Waals surface area contributed by atoms with E-state index in [0.717, 1.165) is 33.8 Å². The van der Waals surface area contributed by atoms with E-state index >= 15 is 0 Å². The number of benzene rings is 3. The summed E-state index contributed by atoms with van der Waals surface area (Å²) in [7, 11) is 3.25. The van der Waals surface area contributed by atoms with E-state index in [2.05, 4.69) is 10.1 Å². The lowest BCUT2D eigenvalue weighted by Crippen LogP contribution is -1.97. The van der Waals surface area contributed by atoms with Gasteiger partial charge in [0.25, 0.3) is 5.89 Å². The topological polar surface area (TPSA) is 66.6 Å². The van der Waals surface area contributed by atoms with Gasteiger partial charge in [0.05, 0.1) is 14.2 Å². The molecule has 0 bridgehead atoms. The average Bonchev–Trinajstić information content (AvgIpc) is 3.28. The van der Waals surface area contributed by atoms with E-state index in [1.165, 1.54) is 0 Å². The van der Waals surface area contributed by atoms with Gasteiger partial charge in [-0.1, -0.05) is 35.5 Å². The minimum absolute atomic E-state index is 0.373. The highest BCUT2D eigenvalue weighted by atomic mass is 16.5. The van der Waals surface area contributed by atoms with Crippen LogP contribution in [0.15, 0.2) is 71.3 Å². The predicted octanol–water partition coefficient (Wildman–Crippen LogP) is 5.31. The molecule has 0 radical (unpaired) electrons. The Hall–Kier alpha value is -3.80. The van der Waals surface area contributed by atoms with Gasteiger partial charge in [-0.15, -0.1) is 0 Å². The Morgan fingerprint density at radius 3 is 2.33 bits per heavy atom. The maximum atomic E-state index is 5.97. The molecular weight excluding hydrogens is 380 g/mol. The number of ether oxygens (including phenoxy) is 3. The highest BCUT2D eigenvalue weighted by Gasteiger charge is 2.13. The maximum absolute atomic E-state index is 5.97. The highest BCUT2D eigenvalue weighted by molar-refractivity contribution is 5.63. The number of rotatable bonds is 7. The Morgan fingerprint density at radius 2 is 1.60 bits per heavy atom. The Morgan fingerprint density at radius 1 is 0.833 bits per heavy atom. The molecular formula is C24H22N2O4. The van der Waals surface area contributed by atoms with Crippen molar-refractivity contribution in [2.75, 3.05) is 14.2 Å². The molecule has 0 aliphatic rings. The lowest BCUT2D eigenvalue weighted by molar-refractivity contribution is 0.304. The van der Waals surface area contributed by atoms with Crippen LogP contribution < -0.4 is 14.2 Å². The number of nitrogens with zero attached hydrogens (tertiary/aromatic N) is 2. The lowest BCUT2D eigenvalue weighted by atomic mass is 10.1.